The fraction of sp³-hybridized carbons (Fsp3) is 0.611. The lowest BCUT2D eigenvalue weighted by Gasteiger charge is -2.34. The first kappa shape index (κ1) is 17.0. The summed E-state index contributed by atoms with van der Waals surface area (Å²) in [6.45, 7) is 12.2. The van der Waals surface area contributed by atoms with Gasteiger partial charge in [-0.3, -0.25) is 9.69 Å². The maximum absolute atomic E-state index is 12.7. The molecule has 2 rings (SSSR count). The van der Waals surface area contributed by atoms with Gasteiger partial charge in [0.1, 0.15) is 5.75 Å². The number of hydrogen-bond donors (Lipinski definition) is 0. The maximum Gasteiger partial charge on any atom is 0.177 e. The average Bonchev–Trinajstić information content (AvgIpc) is 2.42. The van der Waals surface area contributed by atoms with Crippen molar-refractivity contribution < 1.29 is 14.3 Å². The normalized spacial score (nSPS) is 22.6. The molecule has 0 saturated carbocycles. The van der Waals surface area contributed by atoms with Gasteiger partial charge in [-0.05, 0) is 57.4 Å². The van der Waals surface area contributed by atoms with Crippen molar-refractivity contribution in [2.45, 2.75) is 46.8 Å². The van der Waals surface area contributed by atoms with E-state index in [9.17, 15) is 4.79 Å². The van der Waals surface area contributed by atoms with E-state index in [0.29, 0.717) is 6.54 Å². The van der Waals surface area contributed by atoms with Crippen molar-refractivity contribution in [2.24, 2.45) is 0 Å². The summed E-state index contributed by atoms with van der Waals surface area (Å²) in [5.41, 5.74) is 3.89. The molecule has 1 aromatic carbocycles. The molecule has 1 aromatic rings. The Morgan fingerprint density at radius 1 is 1.23 bits per heavy atom. The molecule has 4 nitrogen and oxygen atoms in total. The van der Waals surface area contributed by atoms with Gasteiger partial charge in [-0.2, -0.15) is 0 Å². The summed E-state index contributed by atoms with van der Waals surface area (Å²) in [5.74, 6) is 1.05. The van der Waals surface area contributed by atoms with E-state index in [1.807, 2.05) is 26.8 Å². The molecule has 2 unspecified atom stereocenters. The Balaban J connectivity index is 2.20. The highest BCUT2D eigenvalue weighted by Crippen LogP contribution is 2.29. The van der Waals surface area contributed by atoms with Crippen LogP contribution in [0.3, 0.4) is 0 Å². The number of carbonyl (C=O) groups is 1. The van der Waals surface area contributed by atoms with E-state index >= 15 is 0 Å². The number of hydrogen-bond acceptors (Lipinski definition) is 4. The number of rotatable bonds is 4. The summed E-state index contributed by atoms with van der Waals surface area (Å²) in [4.78, 5) is 14.9. The van der Waals surface area contributed by atoms with Crippen LogP contribution in [-0.2, 0) is 4.74 Å². The second-order valence-electron chi connectivity index (χ2n) is 6.40. The van der Waals surface area contributed by atoms with Gasteiger partial charge < -0.3 is 9.47 Å². The minimum atomic E-state index is 0.174. The molecule has 0 aliphatic carbocycles. The molecular weight excluding hydrogens is 278 g/mol. The van der Waals surface area contributed by atoms with E-state index in [2.05, 4.69) is 18.7 Å². The second-order valence-corrected chi connectivity index (χ2v) is 6.40. The van der Waals surface area contributed by atoms with Crippen molar-refractivity contribution in [2.75, 3.05) is 26.7 Å². The van der Waals surface area contributed by atoms with Crippen molar-refractivity contribution >= 4 is 5.78 Å². The minimum Gasteiger partial charge on any atom is -0.496 e. The summed E-state index contributed by atoms with van der Waals surface area (Å²) in [6.07, 6.45) is 0.356. The van der Waals surface area contributed by atoms with Gasteiger partial charge in [-0.15, -0.1) is 0 Å². The molecule has 1 aliphatic rings. The van der Waals surface area contributed by atoms with Gasteiger partial charge in [0, 0.05) is 18.7 Å². The molecule has 0 N–H and O–H groups in total. The number of carbonyl (C=O) groups excluding carboxylic acids is 1. The highest BCUT2D eigenvalue weighted by atomic mass is 16.5. The van der Waals surface area contributed by atoms with Gasteiger partial charge in [0.15, 0.2) is 5.78 Å². The largest absolute Gasteiger partial charge is 0.496 e. The Bertz CT molecular complexity index is 558. The zero-order valence-electron chi connectivity index (χ0n) is 14.5. The molecule has 122 valence electrons. The smallest absolute Gasteiger partial charge is 0.177 e. The first-order valence-electron chi connectivity index (χ1n) is 7.89. The standard InChI is InChI=1S/C18H27NO3/c1-11-7-16(14(4)15(5)18(11)21-6)17(20)10-19-8-12(2)22-13(3)9-19/h7,12-13H,8-10H2,1-6H3. The van der Waals surface area contributed by atoms with Crippen molar-refractivity contribution in [1.29, 1.82) is 0 Å². The van der Waals surface area contributed by atoms with Crippen LogP contribution in [0.1, 0.15) is 40.9 Å². The number of ketones is 1. The zero-order valence-corrected chi connectivity index (χ0v) is 14.5. The van der Waals surface area contributed by atoms with Crippen LogP contribution in [0.4, 0.5) is 0 Å². The molecule has 0 radical (unpaired) electrons. The van der Waals surface area contributed by atoms with Gasteiger partial charge in [0.05, 0.1) is 25.9 Å². The predicted octanol–water partition coefficient (Wildman–Crippen LogP) is 2.91. The Morgan fingerprint density at radius 3 is 2.36 bits per heavy atom. The number of methoxy groups -OCH3 is 1. The Morgan fingerprint density at radius 2 is 1.82 bits per heavy atom. The molecule has 1 heterocycles. The Hall–Kier alpha value is -1.39. The number of ether oxygens (including phenoxy) is 2. The lowest BCUT2D eigenvalue weighted by molar-refractivity contribution is -0.0652. The number of morpholine rings is 1. The molecule has 2 atom stereocenters. The third kappa shape index (κ3) is 3.50. The summed E-state index contributed by atoms with van der Waals surface area (Å²) < 4.78 is 11.2. The van der Waals surface area contributed by atoms with Crippen LogP contribution in [-0.4, -0.2) is 49.6 Å². The fourth-order valence-corrected chi connectivity index (χ4v) is 3.36. The lowest BCUT2D eigenvalue weighted by atomic mass is 9.95. The first-order valence-corrected chi connectivity index (χ1v) is 7.89. The summed E-state index contributed by atoms with van der Waals surface area (Å²) >= 11 is 0. The molecule has 0 aromatic heterocycles. The first-order chi connectivity index (χ1) is 10.3. The van der Waals surface area contributed by atoms with E-state index in [4.69, 9.17) is 9.47 Å². The van der Waals surface area contributed by atoms with Crippen LogP contribution < -0.4 is 4.74 Å². The molecule has 0 spiro atoms. The third-order valence-electron chi connectivity index (χ3n) is 4.39. The molecule has 0 bridgehead atoms. The van der Waals surface area contributed by atoms with E-state index in [-0.39, 0.29) is 18.0 Å². The van der Waals surface area contributed by atoms with Gasteiger partial charge in [-0.25, -0.2) is 0 Å². The maximum atomic E-state index is 12.7. The highest BCUT2D eigenvalue weighted by Gasteiger charge is 2.25. The van der Waals surface area contributed by atoms with Gasteiger partial charge >= 0.3 is 0 Å². The minimum absolute atomic E-state index is 0.174. The fourth-order valence-electron chi connectivity index (χ4n) is 3.36. The number of nitrogens with zero attached hydrogens (tertiary/aromatic N) is 1. The Labute approximate surface area is 133 Å². The zero-order chi connectivity index (χ0) is 16.4. The average molecular weight is 305 g/mol. The third-order valence-corrected chi connectivity index (χ3v) is 4.39. The SMILES string of the molecule is COc1c(C)cc(C(=O)CN2CC(C)OC(C)C2)c(C)c1C. The van der Waals surface area contributed by atoms with Gasteiger partial charge in [-0.1, -0.05) is 0 Å². The Kier molecular flexibility index (Phi) is 5.24. The van der Waals surface area contributed by atoms with E-state index in [0.717, 1.165) is 41.1 Å². The summed E-state index contributed by atoms with van der Waals surface area (Å²) in [6, 6.07) is 1.96. The lowest BCUT2D eigenvalue weighted by Crippen LogP contribution is -2.47. The number of Topliss-reactive ketones (excluding diaryl/α,β-unsaturated/α-hetero) is 1. The van der Waals surface area contributed by atoms with E-state index in [1.165, 1.54) is 0 Å². The van der Waals surface area contributed by atoms with Crippen molar-refractivity contribution in [3.63, 3.8) is 0 Å². The molecule has 1 fully saturated rings. The quantitative estimate of drug-likeness (QED) is 0.802. The molecule has 1 aliphatic heterocycles. The van der Waals surface area contributed by atoms with Crippen molar-refractivity contribution in [3.05, 3.63) is 28.3 Å². The van der Waals surface area contributed by atoms with Crippen LogP contribution in [0.2, 0.25) is 0 Å². The van der Waals surface area contributed by atoms with Crippen LogP contribution in [0.15, 0.2) is 6.07 Å². The second kappa shape index (κ2) is 6.80. The molecule has 22 heavy (non-hydrogen) atoms. The van der Waals surface area contributed by atoms with E-state index < -0.39 is 0 Å². The van der Waals surface area contributed by atoms with E-state index in [1.54, 1.807) is 7.11 Å². The molecular formula is C18H27NO3. The van der Waals surface area contributed by atoms with Crippen LogP contribution >= 0.6 is 0 Å². The van der Waals surface area contributed by atoms with Gasteiger partial charge in [0.2, 0.25) is 0 Å². The van der Waals surface area contributed by atoms with Crippen molar-refractivity contribution in [1.82, 2.24) is 4.90 Å². The highest BCUT2D eigenvalue weighted by molar-refractivity contribution is 5.99. The number of benzene rings is 1. The summed E-state index contributed by atoms with van der Waals surface area (Å²) in [7, 11) is 1.67. The topological polar surface area (TPSA) is 38.8 Å². The van der Waals surface area contributed by atoms with Crippen LogP contribution in [0, 0.1) is 20.8 Å². The molecule has 4 heteroatoms. The summed E-state index contributed by atoms with van der Waals surface area (Å²) in [5, 5.41) is 0. The molecule has 1 saturated heterocycles. The number of aryl methyl sites for hydroxylation is 1. The predicted molar refractivity (Wildman–Crippen MR) is 88.0 cm³/mol. The van der Waals surface area contributed by atoms with Crippen molar-refractivity contribution in [3.8, 4) is 5.75 Å². The molecule has 0 amide bonds. The van der Waals surface area contributed by atoms with Gasteiger partial charge in [0.25, 0.3) is 0 Å². The monoisotopic (exact) mass is 305 g/mol. The van der Waals surface area contributed by atoms with Crippen LogP contribution in [0.25, 0.3) is 0 Å². The van der Waals surface area contributed by atoms with Crippen LogP contribution in [0.5, 0.6) is 5.75 Å².